The summed E-state index contributed by atoms with van der Waals surface area (Å²) in [6, 6.07) is 4.32. The van der Waals surface area contributed by atoms with Crippen molar-refractivity contribution in [3.63, 3.8) is 0 Å². The Morgan fingerprint density at radius 2 is 2.37 bits per heavy atom. The van der Waals surface area contributed by atoms with Crippen LogP contribution in [0, 0.1) is 5.92 Å². The van der Waals surface area contributed by atoms with Gasteiger partial charge in [-0.1, -0.05) is 13.8 Å². The van der Waals surface area contributed by atoms with E-state index in [0.29, 0.717) is 17.5 Å². The summed E-state index contributed by atoms with van der Waals surface area (Å²) in [7, 11) is 0. The van der Waals surface area contributed by atoms with Crippen molar-refractivity contribution in [2.24, 2.45) is 11.8 Å². The lowest BCUT2D eigenvalue weighted by Crippen LogP contribution is -2.33. The fourth-order valence-corrected chi connectivity index (χ4v) is 2.75. The van der Waals surface area contributed by atoms with E-state index in [1.807, 2.05) is 6.07 Å². The normalized spacial score (nSPS) is 19.9. The van der Waals surface area contributed by atoms with Gasteiger partial charge in [0, 0.05) is 18.8 Å². The Bertz CT molecular complexity index is 430. The number of carbonyl (C=O) groups excluding carboxylic acids is 1. The van der Waals surface area contributed by atoms with E-state index in [9.17, 15) is 4.79 Å². The van der Waals surface area contributed by atoms with Crippen LogP contribution in [0.1, 0.15) is 42.7 Å². The molecule has 1 unspecified atom stereocenters. The summed E-state index contributed by atoms with van der Waals surface area (Å²) >= 11 is 0. The minimum atomic E-state index is -0.305. The second-order valence-electron chi connectivity index (χ2n) is 5.44. The zero-order valence-electron chi connectivity index (χ0n) is 11.6. The molecule has 3 N–H and O–H groups in total. The van der Waals surface area contributed by atoms with Crippen molar-refractivity contribution in [3.8, 4) is 0 Å². The van der Waals surface area contributed by atoms with Crippen molar-refractivity contribution in [2.45, 2.75) is 39.3 Å². The maximum absolute atomic E-state index is 11.3. The van der Waals surface area contributed by atoms with Crippen LogP contribution in [0.15, 0.2) is 18.3 Å². The standard InChI is InChI=1S/C14H22N4O/c1-10(2)13-4-3-7-18(13)9-12-6-5-11(8-16-12)14(19)17-15/h5-6,8,10,13H,3-4,7,9,15H2,1-2H3,(H,17,19). The Morgan fingerprint density at radius 3 is 2.95 bits per heavy atom. The van der Waals surface area contributed by atoms with Crippen LogP contribution in [-0.2, 0) is 6.54 Å². The molecular weight excluding hydrogens is 240 g/mol. The van der Waals surface area contributed by atoms with E-state index in [4.69, 9.17) is 5.84 Å². The number of nitrogens with two attached hydrogens (primary N) is 1. The first kappa shape index (κ1) is 14.0. The molecule has 2 rings (SSSR count). The van der Waals surface area contributed by atoms with Crippen LogP contribution in [0.5, 0.6) is 0 Å². The molecule has 0 aliphatic carbocycles. The number of hydrogen-bond donors (Lipinski definition) is 2. The first-order valence-electron chi connectivity index (χ1n) is 6.81. The Morgan fingerprint density at radius 1 is 1.58 bits per heavy atom. The second-order valence-corrected chi connectivity index (χ2v) is 5.44. The Labute approximate surface area is 114 Å². The second kappa shape index (κ2) is 6.12. The predicted molar refractivity (Wildman–Crippen MR) is 74.2 cm³/mol. The molecule has 2 heterocycles. The number of pyridine rings is 1. The largest absolute Gasteiger partial charge is 0.294 e. The number of carbonyl (C=O) groups is 1. The molecular formula is C14H22N4O. The number of hydrogen-bond acceptors (Lipinski definition) is 4. The highest BCUT2D eigenvalue weighted by Gasteiger charge is 2.27. The molecule has 0 radical (unpaired) electrons. The Hall–Kier alpha value is -1.46. The van der Waals surface area contributed by atoms with E-state index < -0.39 is 0 Å². The number of nitrogens with zero attached hydrogens (tertiary/aromatic N) is 2. The monoisotopic (exact) mass is 262 g/mol. The number of nitrogen functional groups attached to an aromatic ring is 1. The molecule has 5 nitrogen and oxygen atoms in total. The molecule has 0 bridgehead atoms. The summed E-state index contributed by atoms with van der Waals surface area (Å²) in [5.41, 5.74) is 3.60. The molecule has 104 valence electrons. The third-order valence-electron chi connectivity index (χ3n) is 3.77. The number of nitrogens with one attached hydrogen (secondary N) is 1. The molecule has 0 saturated carbocycles. The molecule has 1 saturated heterocycles. The molecule has 1 aliphatic rings. The molecule has 0 aromatic carbocycles. The van der Waals surface area contributed by atoms with E-state index in [1.54, 1.807) is 12.3 Å². The molecule has 1 aliphatic heterocycles. The van der Waals surface area contributed by atoms with Crippen LogP contribution in [0.2, 0.25) is 0 Å². The molecule has 1 atom stereocenters. The first-order chi connectivity index (χ1) is 9.11. The van der Waals surface area contributed by atoms with Crippen LogP contribution >= 0.6 is 0 Å². The molecule has 1 fully saturated rings. The summed E-state index contributed by atoms with van der Waals surface area (Å²) in [6.45, 7) is 6.53. The summed E-state index contributed by atoms with van der Waals surface area (Å²) in [5.74, 6) is 5.46. The van der Waals surface area contributed by atoms with Crippen LogP contribution in [0.3, 0.4) is 0 Å². The Kier molecular flexibility index (Phi) is 4.50. The highest BCUT2D eigenvalue weighted by atomic mass is 16.2. The summed E-state index contributed by atoms with van der Waals surface area (Å²) < 4.78 is 0. The fourth-order valence-electron chi connectivity index (χ4n) is 2.75. The zero-order chi connectivity index (χ0) is 13.8. The van der Waals surface area contributed by atoms with E-state index >= 15 is 0 Å². The maximum Gasteiger partial charge on any atom is 0.266 e. The molecule has 19 heavy (non-hydrogen) atoms. The van der Waals surface area contributed by atoms with Crippen molar-refractivity contribution in [3.05, 3.63) is 29.6 Å². The summed E-state index contributed by atoms with van der Waals surface area (Å²) in [4.78, 5) is 18.2. The lowest BCUT2D eigenvalue weighted by molar-refractivity contribution is 0.0953. The highest BCUT2D eigenvalue weighted by molar-refractivity contribution is 5.93. The van der Waals surface area contributed by atoms with Crippen LogP contribution in [0.25, 0.3) is 0 Å². The number of amides is 1. The van der Waals surface area contributed by atoms with Gasteiger partial charge in [0.1, 0.15) is 0 Å². The van der Waals surface area contributed by atoms with Crippen molar-refractivity contribution < 1.29 is 4.79 Å². The fraction of sp³-hybridized carbons (Fsp3) is 0.571. The predicted octanol–water partition coefficient (Wildman–Crippen LogP) is 1.31. The van der Waals surface area contributed by atoms with Gasteiger partial charge < -0.3 is 0 Å². The average Bonchev–Trinajstić information content (AvgIpc) is 2.87. The van der Waals surface area contributed by atoms with Crippen LogP contribution in [0.4, 0.5) is 0 Å². The van der Waals surface area contributed by atoms with Crippen molar-refractivity contribution in [1.29, 1.82) is 0 Å². The number of rotatable bonds is 4. The van der Waals surface area contributed by atoms with Gasteiger partial charge in [-0.15, -0.1) is 0 Å². The minimum Gasteiger partial charge on any atom is -0.294 e. The topological polar surface area (TPSA) is 71.2 Å². The Balaban J connectivity index is 2.01. The van der Waals surface area contributed by atoms with Crippen molar-refractivity contribution >= 4 is 5.91 Å². The molecule has 5 heteroatoms. The summed E-state index contributed by atoms with van der Waals surface area (Å²) in [5, 5.41) is 0. The van der Waals surface area contributed by atoms with Gasteiger partial charge in [0.05, 0.1) is 11.3 Å². The van der Waals surface area contributed by atoms with Gasteiger partial charge in [0.25, 0.3) is 5.91 Å². The number of aromatic nitrogens is 1. The average molecular weight is 262 g/mol. The highest BCUT2D eigenvalue weighted by Crippen LogP contribution is 2.25. The van der Waals surface area contributed by atoms with Crippen molar-refractivity contribution in [2.75, 3.05) is 6.54 Å². The van der Waals surface area contributed by atoms with Crippen molar-refractivity contribution in [1.82, 2.24) is 15.3 Å². The molecule has 1 amide bonds. The number of likely N-dealkylation sites (tertiary alicyclic amines) is 1. The molecule has 0 spiro atoms. The summed E-state index contributed by atoms with van der Waals surface area (Å²) in [6.07, 6.45) is 4.11. The van der Waals surface area contributed by atoms with E-state index in [2.05, 4.69) is 29.2 Å². The third kappa shape index (κ3) is 3.30. The lowest BCUT2D eigenvalue weighted by atomic mass is 10.0. The van der Waals surface area contributed by atoms with E-state index in [0.717, 1.165) is 18.8 Å². The first-order valence-corrected chi connectivity index (χ1v) is 6.81. The van der Waals surface area contributed by atoms with Crippen LogP contribution < -0.4 is 11.3 Å². The van der Waals surface area contributed by atoms with E-state index in [1.165, 1.54) is 12.8 Å². The van der Waals surface area contributed by atoms with Gasteiger partial charge >= 0.3 is 0 Å². The SMILES string of the molecule is CC(C)C1CCCN1Cc1ccc(C(=O)NN)cn1. The zero-order valence-corrected chi connectivity index (χ0v) is 11.6. The van der Waals surface area contributed by atoms with E-state index in [-0.39, 0.29) is 5.91 Å². The van der Waals surface area contributed by atoms with Gasteiger partial charge in [-0.05, 0) is 37.4 Å². The molecule has 1 aromatic rings. The van der Waals surface area contributed by atoms with Crippen LogP contribution in [-0.4, -0.2) is 28.4 Å². The third-order valence-corrected chi connectivity index (χ3v) is 3.77. The van der Waals surface area contributed by atoms with Gasteiger partial charge in [0.15, 0.2) is 0 Å². The minimum absolute atomic E-state index is 0.305. The lowest BCUT2D eigenvalue weighted by Gasteiger charge is -2.27. The van der Waals surface area contributed by atoms with Gasteiger partial charge in [-0.2, -0.15) is 0 Å². The maximum atomic E-state index is 11.3. The smallest absolute Gasteiger partial charge is 0.266 e. The molecule has 1 aromatic heterocycles. The number of hydrazine groups is 1. The van der Waals surface area contributed by atoms with Gasteiger partial charge in [-0.25, -0.2) is 5.84 Å². The van der Waals surface area contributed by atoms with Gasteiger partial charge in [-0.3, -0.25) is 20.1 Å². The van der Waals surface area contributed by atoms with Gasteiger partial charge in [0.2, 0.25) is 0 Å². The quantitative estimate of drug-likeness (QED) is 0.487.